The lowest BCUT2D eigenvalue weighted by atomic mass is 9.77. The number of carbonyl (C=O) groups is 3. The lowest BCUT2D eigenvalue weighted by Gasteiger charge is -2.34. The summed E-state index contributed by atoms with van der Waals surface area (Å²) >= 11 is 0. The van der Waals surface area contributed by atoms with E-state index in [4.69, 9.17) is 19.4 Å². The second-order valence-corrected chi connectivity index (χ2v) is 12.7. The molecule has 3 heterocycles. The van der Waals surface area contributed by atoms with Crippen molar-refractivity contribution in [2.45, 2.75) is 97.3 Å². The van der Waals surface area contributed by atoms with Crippen molar-refractivity contribution in [3.05, 3.63) is 23.9 Å². The molecule has 1 saturated carbocycles. The van der Waals surface area contributed by atoms with Crippen molar-refractivity contribution in [1.82, 2.24) is 14.9 Å². The van der Waals surface area contributed by atoms with Crippen LogP contribution in [-0.2, 0) is 25.5 Å². The number of nitrogens with zero attached hydrogens (tertiary/aromatic N) is 3. The van der Waals surface area contributed by atoms with E-state index < -0.39 is 23.5 Å². The van der Waals surface area contributed by atoms with Gasteiger partial charge in [-0.3, -0.25) is 9.59 Å². The summed E-state index contributed by atoms with van der Waals surface area (Å²) < 4.78 is 12.3. The molecule has 3 aliphatic rings. The number of fused-ring (bicyclic) bond motifs is 5. The van der Waals surface area contributed by atoms with Crippen LogP contribution in [-0.4, -0.2) is 62.9 Å². The normalized spacial score (nSPS) is 29.9. The summed E-state index contributed by atoms with van der Waals surface area (Å²) in [5.74, 6) is -0.580. The van der Waals surface area contributed by atoms with E-state index in [2.05, 4.69) is 0 Å². The quantitative estimate of drug-likeness (QED) is 0.424. The van der Waals surface area contributed by atoms with Crippen LogP contribution in [0.3, 0.4) is 0 Å². The van der Waals surface area contributed by atoms with Gasteiger partial charge in [0.15, 0.2) is 0 Å². The van der Waals surface area contributed by atoms with Gasteiger partial charge in [0.2, 0.25) is 11.8 Å². The molecule has 9 heteroatoms. The molecule has 0 spiro atoms. The number of hydrogen-bond donors (Lipinski definition) is 1. The van der Waals surface area contributed by atoms with Crippen molar-refractivity contribution < 1.29 is 29.0 Å². The molecule has 1 N–H and O–H groups in total. The van der Waals surface area contributed by atoms with Crippen molar-refractivity contribution in [1.29, 1.82) is 0 Å². The molecule has 2 aromatic rings. The first-order valence-electron chi connectivity index (χ1n) is 14.7. The predicted octanol–water partition coefficient (Wildman–Crippen LogP) is 4.62. The highest BCUT2D eigenvalue weighted by molar-refractivity contribution is 5.87. The second-order valence-electron chi connectivity index (χ2n) is 12.7. The molecule has 1 aromatic carbocycles. The van der Waals surface area contributed by atoms with Crippen molar-refractivity contribution in [2.75, 3.05) is 6.54 Å². The predicted molar refractivity (Wildman–Crippen MR) is 149 cm³/mol. The number of phenolic OH excluding ortho intramolecular Hbond substituents is 1. The number of hydrogen-bond acceptors (Lipinski definition) is 8. The zero-order valence-electron chi connectivity index (χ0n) is 24.0. The standard InChI is InChI=1S/C31H41N3O6/c1-5-20-25(17-35)34-16-27(20)40-29-23(32-22-12-11-19(36)14-24(22)33-29)10-8-6-7-9-18-13-26(18)39-28(37)15-21(30(34)38)31(2,3)4/h11-12,14,17-18,20-21,25-27,36H,5-10,13,15-16H2,1-4H3/t18-,20+,21-,25-,26-,27+/m1/s1. The van der Waals surface area contributed by atoms with Crippen molar-refractivity contribution in [3.8, 4) is 11.6 Å². The number of aromatic hydroxyl groups is 1. The number of carbonyl (C=O) groups excluding carboxylic acids is 3. The maximum Gasteiger partial charge on any atom is 0.306 e. The Morgan fingerprint density at radius 3 is 2.60 bits per heavy atom. The fourth-order valence-corrected chi connectivity index (χ4v) is 6.30. The van der Waals surface area contributed by atoms with Crippen molar-refractivity contribution in [3.63, 3.8) is 0 Å². The topological polar surface area (TPSA) is 119 Å². The van der Waals surface area contributed by atoms with Gasteiger partial charge in [0, 0.05) is 12.0 Å². The minimum Gasteiger partial charge on any atom is -0.508 e. The fourth-order valence-electron chi connectivity index (χ4n) is 6.30. The van der Waals surface area contributed by atoms with E-state index in [1.165, 1.54) is 0 Å². The largest absolute Gasteiger partial charge is 0.508 e. The second kappa shape index (κ2) is 11.3. The third kappa shape index (κ3) is 5.93. The molecule has 2 fully saturated rings. The zero-order chi connectivity index (χ0) is 28.6. The highest BCUT2D eigenvalue weighted by Gasteiger charge is 2.49. The Labute approximate surface area is 235 Å². The van der Waals surface area contributed by atoms with Crippen LogP contribution in [0.25, 0.3) is 11.0 Å². The molecule has 6 atom stereocenters. The molecule has 1 aromatic heterocycles. The van der Waals surface area contributed by atoms with E-state index in [9.17, 15) is 19.5 Å². The Balaban J connectivity index is 1.51. The Morgan fingerprint density at radius 1 is 1.07 bits per heavy atom. The van der Waals surface area contributed by atoms with E-state index in [0.29, 0.717) is 35.7 Å². The number of rotatable bonds is 2. The van der Waals surface area contributed by atoms with Gasteiger partial charge < -0.3 is 24.3 Å². The number of aldehydes is 1. The van der Waals surface area contributed by atoms with Crippen LogP contribution in [0.2, 0.25) is 0 Å². The molecule has 0 unspecified atom stereocenters. The van der Waals surface area contributed by atoms with Crippen LogP contribution in [0, 0.1) is 23.2 Å². The molecule has 2 bridgehead atoms. The van der Waals surface area contributed by atoms with Gasteiger partial charge in [-0.1, -0.05) is 40.5 Å². The number of benzene rings is 1. The smallest absolute Gasteiger partial charge is 0.306 e. The van der Waals surface area contributed by atoms with Gasteiger partial charge in [-0.2, -0.15) is 0 Å². The Hall–Kier alpha value is -3.23. The van der Waals surface area contributed by atoms with Gasteiger partial charge in [-0.05, 0) is 55.6 Å². The summed E-state index contributed by atoms with van der Waals surface area (Å²) in [5.41, 5.74) is 1.44. The number of amides is 1. The molecule has 216 valence electrons. The average molecular weight is 552 g/mol. The van der Waals surface area contributed by atoms with Crippen LogP contribution < -0.4 is 4.74 Å². The number of aromatic nitrogens is 2. The summed E-state index contributed by atoms with van der Waals surface area (Å²) in [4.78, 5) is 50.6. The lowest BCUT2D eigenvalue weighted by Crippen LogP contribution is -2.46. The minimum absolute atomic E-state index is 0.0141. The number of phenols is 1. The van der Waals surface area contributed by atoms with Gasteiger partial charge in [0.25, 0.3) is 0 Å². The first-order valence-corrected chi connectivity index (χ1v) is 14.7. The molecule has 1 aliphatic carbocycles. The number of aryl methyl sites for hydroxylation is 1. The molecule has 1 amide bonds. The van der Waals surface area contributed by atoms with Crippen LogP contribution in [0.4, 0.5) is 0 Å². The average Bonchev–Trinajstić information content (AvgIpc) is 3.53. The van der Waals surface area contributed by atoms with Crippen LogP contribution in [0.1, 0.15) is 78.3 Å². The van der Waals surface area contributed by atoms with E-state index >= 15 is 0 Å². The highest BCUT2D eigenvalue weighted by Crippen LogP contribution is 2.41. The SMILES string of the molecule is CC[C@@H]1[C@@H]2CN(C(=O)[C@H](C(C)(C)C)CC(=O)O[C@@H]3C[C@H]3CCCCCc3nc4ccc(O)cc4nc3O2)[C@@H]1C=O. The fraction of sp³-hybridized carbons (Fsp3) is 0.645. The van der Waals surface area contributed by atoms with E-state index in [1.807, 2.05) is 27.7 Å². The van der Waals surface area contributed by atoms with Gasteiger partial charge >= 0.3 is 5.97 Å². The number of ether oxygens (including phenoxy) is 2. The molecule has 2 aliphatic heterocycles. The molecule has 40 heavy (non-hydrogen) atoms. The van der Waals surface area contributed by atoms with E-state index in [-0.39, 0.29) is 42.6 Å². The third-order valence-corrected chi connectivity index (χ3v) is 8.84. The number of esters is 1. The van der Waals surface area contributed by atoms with Crippen LogP contribution >= 0.6 is 0 Å². The maximum absolute atomic E-state index is 14.0. The van der Waals surface area contributed by atoms with Crippen LogP contribution in [0.15, 0.2) is 18.2 Å². The van der Waals surface area contributed by atoms with Crippen molar-refractivity contribution >= 4 is 29.2 Å². The molecule has 9 nitrogen and oxygen atoms in total. The summed E-state index contributed by atoms with van der Waals surface area (Å²) in [6, 6.07) is 4.24. The zero-order valence-corrected chi connectivity index (χ0v) is 24.0. The lowest BCUT2D eigenvalue weighted by molar-refractivity contribution is -0.153. The molecule has 5 rings (SSSR count). The summed E-state index contributed by atoms with van der Waals surface area (Å²) in [7, 11) is 0. The van der Waals surface area contributed by atoms with Crippen LogP contribution in [0.5, 0.6) is 11.6 Å². The molecule has 0 radical (unpaired) electrons. The summed E-state index contributed by atoms with van der Waals surface area (Å²) in [6.07, 6.45) is 6.41. The van der Waals surface area contributed by atoms with Gasteiger partial charge in [-0.25, -0.2) is 9.97 Å². The van der Waals surface area contributed by atoms with Gasteiger partial charge in [-0.15, -0.1) is 0 Å². The summed E-state index contributed by atoms with van der Waals surface area (Å²) in [5, 5.41) is 10.0. The molecular weight excluding hydrogens is 510 g/mol. The Morgan fingerprint density at radius 2 is 1.88 bits per heavy atom. The Bertz CT molecular complexity index is 1270. The monoisotopic (exact) mass is 551 g/mol. The first-order chi connectivity index (χ1) is 19.1. The first kappa shape index (κ1) is 28.3. The Kier molecular flexibility index (Phi) is 8.02. The summed E-state index contributed by atoms with van der Waals surface area (Å²) in [6.45, 7) is 8.03. The highest BCUT2D eigenvalue weighted by atomic mass is 16.5. The minimum atomic E-state index is -0.667. The maximum atomic E-state index is 14.0. The third-order valence-electron chi connectivity index (χ3n) is 8.84. The van der Waals surface area contributed by atoms with E-state index in [1.54, 1.807) is 23.1 Å². The van der Waals surface area contributed by atoms with Gasteiger partial charge in [0.05, 0.1) is 36.0 Å². The molecule has 1 saturated heterocycles. The van der Waals surface area contributed by atoms with Gasteiger partial charge in [0.1, 0.15) is 29.9 Å². The van der Waals surface area contributed by atoms with Crippen molar-refractivity contribution in [2.24, 2.45) is 23.2 Å². The van der Waals surface area contributed by atoms with E-state index in [0.717, 1.165) is 44.1 Å². The molecular formula is C31H41N3O6.